The average Bonchev–Trinajstić information content (AvgIpc) is 2.60. The van der Waals surface area contributed by atoms with Crippen LogP contribution in [0.3, 0.4) is 0 Å². The van der Waals surface area contributed by atoms with Crippen molar-refractivity contribution in [2.45, 2.75) is 13.3 Å². The number of benzene rings is 1. The van der Waals surface area contributed by atoms with Crippen LogP contribution in [0.5, 0.6) is 0 Å². The highest BCUT2D eigenvalue weighted by Gasteiger charge is 2.07. The fourth-order valence-corrected chi connectivity index (χ4v) is 2.21. The van der Waals surface area contributed by atoms with Gasteiger partial charge < -0.3 is 10.6 Å². The van der Waals surface area contributed by atoms with E-state index in [1.807, 2.05) is 43.3 Å². The molecular weight excluding hydrogens is 302 g/mol. The first-order valence-electron chi connectivity index (χ1n) is 7.55. The number of nitrogens with one attached hydrogen (secondary N) is 2. The summed E-state index contributed by atoms with van der Waals surface area (Å²) >= 11 is 0. The molecule has 120 valence electrons. The summed E-state index contributed by atoms with van der Waals surface area (Å²) in [6.45, 7) is 1.90. The zero-order valence-corrected chi connectivity index (χ0v) is 13.2. The maximum atomic E-state index is 12.1. The molecule has 0 saturated heterocycles. The van der Waals surface area contributed by atoms with Crippen molar-refractivity contribution in [3.8, 4) is 0 Å². The molecule has 3 aromatic rings. The first-order valence-corrected chi connectivity index (χ1v) is 7.55. The summed E-state index contributed by atoms with van der Waals surface area (Å²) in [7, 11) is 0. The first-order chi connectivity index (χ1) is 11.7. The van der Waals surface area contributed by atoms with Crippen molar-refractivity contribution in [3.63, 3.8) is 0 Å². The highest BCUT2D eigenvalue weighted by molar-refractivity contribution is 5.92. The molecule has 6 nitrogen and oxygen atoms in total. The van der Waals surface area contributed by atoms with E-state index in [0.29, 0.717) is 12.4 Å². The van der Waals surface area contributed by atoms with E-state index in [-0.39, 0.29) is 5.91 Å². The molecule has 0 aliphatic carbocycles. The van der Waals surface area contributed by atoms with E-state index in [1.165, 1.54) is 0 Å². The minimum atomic E-state index is -0.0711. The highest BCUT2D eigenvalue weighted by atomic mass is 16.1. The SMILES string of the molecule is Cc1ncccc1CC(=O)Nc1ccc(Nc2ncccn2)cc1. The third-order valence-electron chi connectivity index (χ3n) is 3.46. The maximum Gasteiger partial charge on any atom is 0.228 e. The van der Waals surface area contributed by atoms with E-state index in [9.17, 15) is 4.79 Å². The van der Waals surface area contributed by atoms with Crippen molar-refractivity contribution in [2.24, 2.45) is 0 Å². The van der Waals surface area contributed by atoms with Gasteiger partial charge >= 0.3 is 0 Å². The Hall–Kier alpha value is -3.28. The summed E-state index contributed by atoms with van der Waals surface area (Å²) in [5.41, 5.74) is 3.38. The third-order valence-corrected chi connectivity index (χ3v) is 3.46. The second-order valence-electron chi connectivity index (χ2n) is 5.25. The van der Waals surface area contributed by atoms with Crippen LogP contribution >= 0.6 is 0 Å². The summed E-state index contributed by atoms with van der Waals surface area (Å²) in [5.74, 6) is 0.458. The van der Waals surface area contributed by atoms with Gasteiger partial charge in [-0.15, -0.1) is 0 Å². The molecule has 2 heterocycles. The number of hydrogen-bond acceptors (Lipinski definition) is 5. The van der Waals surface area contributed by atoms with Gasteiger partial charge in [-0.3, -0.25) is 9.78 Å². The molecule has 24 heavy (non-hydrogen) atoms. The van der Waals surface area contributed by atoms with Gasteiger partial charge in [0.15, 0.2) is 0 Å². The molecule has 0 aliphatic rings. The minimum Gasteiger partial charge on any atom is -0.326 e. The van der Waals surface area contributed by atoms with Gasteiger partial charge in [-0.05, 0) is 48.9 Å². The van der Waals surface area contributed by atoms with E-state index in [1.54, 1.807) is 24.7 Å². The van der Waals surface area contributed by atoms with Gasteiger partial charge in [-0.2, -0.15) is 0 Å². The number of aromatic nitrogens is 3. The number of rotatable bonds is 5. The van der Waals surface area contributed by atoms with Crippen molar-refractivity contribution in [1.82, 2.24) is 15.0 Å². The van der Waals surface area contributed by atoms with Crippen LogP contribution in [0.15, 0.2) is 61.1 Å². The largest absolute Gasteiger partial charge is 0.326 e. The van der Waals surface area contributed by atoms with E-state index < -0.39 is 0 Å². The van der Waals surface area contributed by atoms with Gasteiger partial charge in [0.2, 0.25) is 11.9 Å². The molecule has 2 aromatic heterocycles. The van der Waals surface area contributed by atoms with E-state index in [2.05, 4.69) is 25.6 Å². The lowest BCUT2D eigenvalue weighted by molar-refractivity contribution is -0.115. The first kappa shape index (κ1) is 15.6. The standard InChI is InChI=1S/C18H17N5O/c1-13-14(4-2-9-19-13)12-17(24)22-15-5-7-16(8-6-15)23-18-20-10-3-11-21-18/h2-11H,12H2,1H3,(H,22,24)(H,20,21,23). The molecule has 0 fully saturated rings. The molecule has 1 aromatic carbocycles. The zero-order valence-electron chi connectivity index (χ0n) is 13.2. The molecule has 2 N–H and O–H groups in total. The van der Waals surface area contributed by atoms with Gasteiger partial charge in [-0.25, -0.2) is 9.97 Å². The Balaban J connectivity index is 1.60. The van der Waals surface area contributed by atoms with E-state index >= 15 is 0 Å². The Labute approximate surface area is 140 Å². The van der Waals surface area contributed by atoms with Crippen LogP contribution in [-0.2, 0) is 11.2 Å². The number of amides is 1. The van der Waals surface area contributed by atoms with E-state index in [4.69, 9.17) is 0 Å². The molecule has 0 radical (unpaired) electrons. The second-order valence-corrected chi connectivity index (χ2v) is 5.25. The van der Waals surface area contributed by atoms with Gasteiger partial charge in [-0.1, -0.05) is 6.07 Å². The summed E-state index contributed by atoms with van der Waals surface area (Å²) < 4.78 is 0. The van der Waals surface area contributed by atoms with Crippen LogP contribution in [0, 0.1) is 6.92 Å². The Morgan fingerprint density at radius 2 is 1.58 bits per heavy atom. The maximum absolute atomic E-state index is 12.1. The Kier molecular flexibility index (Phi) is 4.76. The minimum absolute atomic E-state index is 0.0711. The lowest BCUT2D eigenvalue weighted by atomic mass is 10.1. The normalized spacial score (nSPS) is 10.2. The van der Waals surface area contributed by atoms with Crippen LogP contribution in [-0.4, -0.2) is 20.9 Å². The molecule has 6 heteroatoms. The van der Waals surface area contributed by atoms with Crippen LogP contribution in [0.2, 0.25) is 0 Å². The molecule has 3 rings (SSSR count). The summed E-state index contributed by atoms with van der Waals surface area (Å²) in [6.07, 6.45) is 5.37. The van der Waals surface area contributed by atoms with Gasteiger partial charge in [0.1, 0.15) is 0 Å². The lowest BCUT2D eigenvalue weighted by Gasteiger charge is -2.08. The number of carbonyl (C=O) groups is 1. The van der Waals surface area contributed by atoms with Gasteiger partial charge in [0, 0.05) is 35.7 Å². The Morgan fingerprint density at radius 1 is 0.917 bits per heavy atom. The fraction of sp³-hybridized carbons (Fsp3) is 0.111. The second kappa shape index (κ2) is 7.32. The number of anilines is 3. The van der Waals surface area contributed by atoms with Gasteiger partial charge in [0.25, 0.3) is 0 Å². The van der Waals surface area contributed by atoms with Crippen LogP contribution in [0.1, 0.15) is 11.3 Å². The highest BCUT2D eigenvalue weighted by Crippen LogP contribution is 2.16. The van der Waals surface area contributed by atoms with Crippen molar-refractivity contribution in [3.05, 3.63) is 72.3 Å². The number of carbonyl (C=O) groups excluding carboxylic acids is 1. The monoisotopic (exact) mass is 319 g/mol. The smallest absolute Gasteiger partial charge is 0.228 e. The molecule has 0 atom stereocenters. The number of hydrogen-bond donors (Lipinski definition) is 2. The number of nitrogens with zero attached hydrogens (tertiary/aromatic N) is 3. The van der Waals surface area contributed by atoms with Crippen LogP contribution in [0.4, 0.5) is 17.3 Å². The quantitative estimate of drug-likeness (QED) is 0.755. The van der Waals surface area contributed by atoms with Crippen molar-refractivity contribution >= 4 is 23.2 Å². The molecule has 0 unspecified atom stereocenters. The summed E-state index contributed by atoms with van der Waals surface area (Å²) in [4.78, 5) is 24.5. The zero-order chi connectivity index (χ0) is 16.8. The molecule has 0 bridgehead atoms. The summed E-state index contributed by atoms with van der Waals surface area (Å²) in [5, 5.41) is 5.97. The Bertz CT molecular complexity index is 818. The lowest BCUT2D eigenvalue weighted by Crippen LogP contribution is -2.15. The molecule has 0 saturated carbocycles. The fourth-order valence-electron chi connectivity index (χ4n) is 2.21. The van der Waals surface area contributed by atoms with Crippen molar-refractivity contribution < 1.29 is 4.79 Å². The molecule has 0 aliphatic heterocycles. The number of aryl methyl sites for hydroxylation is 1. The van der Waals surface area contributed by atoms with E-state index in [0.717, 1.165) is 22.6 Å². The average molecular weight is 319 g/mol. The van der Waals surface area contributed by atoms with Gasteiger partial charge in [0.05, 0.1) is 6.42 Å². The molecule has 0 spiro atoms. The Morgan fingerprint density at radius 3 is 2.29 bits per heavy atom. The molecule has 1 amide bonds. The molecular formula is C18H17N5O. The van der Waals surface area contributed by atoms with Crippen molar-refractivity contribution in [1.29, 1.82) is 0 Å². The predicted molar refractivity (Wildman–Crippen MR) is 93.1 cm³/mol. The van der Waals surface area contributed by atoms with Crippen molar-refractivity contribution in [2.75, 3.05) is 10.6 Å². The summed E-state index contributed by atoms with van der Waals surface area (Å²) in [6, 6.07) is 12.9. The van der Waals surface area contributed by atoms with Crippen LogP contribution < -0.4 is 10.6 Å². The third kappa shape index (κ3) is 4.13. The predicted octanol–water partition coefficient (Wildman–Crippen LogP) is 3.10. The number of pyridine rings is 1. The van der Waals surface area contributed by atoms with Crippen LogP contribution in [0.25, 0.3) is 0 Å². The topological polar surface area (TPSA) is 79.8 Å².